The summed E-state index contributed by atoms with van der Waals surface area (Å²) in [7, 11) is 0. The van der Waals surface area contributed by atoms with Gasteiger partial charge in [-0.1, -0.05) is 6.42 Å². The van der Waals surface area contributed by atoms with E-state index in [2.05, 4.69) is 4.98 Å². The van der Waals surface area contributed by atoms with E-state index in [1.165, 1.54) is 6.42 Å². The SMILES string of the molecule is O=C(C1CCC1)n1ccnc1. The van der Waals surface area contributed by atoms with Crippen LogP contribution in [0.1, 0.15) is 24.1 Å². The number of imidazole rings is 1. The average Bonchev–Trinajstić information content (AvgIpc) is 2.32. The Morgan fingerprint density at radius 3 is 2.82 bits per heavy atom. The van der Waals surface area contributed by atoms with Crippen LogP contribution in [0.2, 0.25) is 0 Å². The predicted molar refractivity (Wildman–Crippen MR) is 40.2 cm³/mol. The lowest BCUT2D eigenvalue weighted by Crippen LogP contribution is -2.26. The van der Waals surface area contributed by atoms with E-state index in [-0.39, 0.29) is 11.8 Å². The van der Waals surface area contributed by atoms with Crippen LogP contribution in [-0.2, 0) is 0 Å². The molecule has 2 rings (SSSR count). The van der Waals surface area contributed by atoms with Crippen LogP contribution < -0.4 is 0 Å². The maximum Gasteiger partial charge on any atom is 0.234 e. The minimum Gasteiger partial charge on any atom is -0.276 e. The van der Waals surface area contributed by atoms with Crippen molar-refractivity contribution >= 4 is 5.91 Å². The molecule has 1 aliphatic rings. The van der Waals surface area contributed by atoms with Crippen LogP contribution in [0.4, 0.5) is 0 Å². The lowest BCUT2D eigenvalue weighted by atomic mass is 9.85. The maximum atomic E-state index is 11.4. The minimum absolute atomic E-state index is 0.203. The first-order valence-electron chi connectivity index (χ1n) is 3.90. The summed E-state index contributed by atoms with van der Waals surface area (Å²) in [6.45, 7) is 0. The van der Waals surface area contributed by atoms with Crippen LogP contribution in [0, 0.1) is 5.92 Å². The molecule has 0 spiro atoms. The van der Waals surface area contributed by atoms with E-state index in [0.717, 1.165) is 12.8 Å². The van der Waals surface area contributed by atoms with Crippen LogP contribution in [0.3, 0.4) is 0 Å². The fraction of sp³-hybridized carbons (Fsp3) is 0.500. The van der Waals surface area contributed by atoms with Crippen molar-refractivity contribution in [2.45, 2.75) is 19.3 Å². The number of carbonyl (C=O) groups is 1. The summed E-state index contributed by atoms with van der Waals surface area (Å²) in [5, 5.41) is 0. The molecule has 0 saturated heterocycles. The Kier molecular flexibility index (Phi) is 1.49. The molecule has 0 bridgehead atoms. The summed E-state index contributed by atoms with van der Waals surface area (Å²) in [4.78, 5) is 15.2. The molecule has 0 radical (unpaired) electrons. The Morgan fingerprint density at radius 2 is 2.36 bits per heavy atom. The Labute approximate surface area is 65.1 Å². The highest BCUT2D eigenvalue weighted by Gasteiger charge is 2.25. The molecule has 58 valence electrons. The van der Waals surface area contributed by atoms with Crippen LogP contribution in [0.25, 0.3) is 0 Å². The van der Waals surface area contributed by atoms with E-state index >= 15 is 0 Å². The first-order chi connectivity index (χ1) is 5.38. The number of aromatic nitrogens is 2. The summed E-state index contributed by atoms with van der Waals surface area (Å²) in [5.41, 5.74) is 0. The Balaban J connectivity index is 2.10. The fourth-order valence-electron chi connectivity index (χ4n) is 1.26. The van der Waals surface area contributed by atoms with Crippen molar-refractivity contribution in [1.29, 1.82) is 0 Å². The van der Waals surface area contributed by atoms with Gasteiger partial charge in [0.2, 0.25) is 5.91 Å². The zero-order valence-corrected chi connectivity index (χ0v) is 6.23. The smallest absolute Gasteiger partial charge is 0.234 e. The molecule has 0 amide bonds. The van der Waals surface area contributed by atoms with E-state index in [9.17, 15) is 4.79 Å². The molecule has 0 aliphatic heterocycles. The van der Waals surface area contributed by atoms with Crippen molar-refractivity contribution in [3.8, 4) is 0 Å². The summed E-state index contributed by atoms with van der Waals surface area (Å²) in [6.07, 6.45) is 8.22. The van der Waals surface area contributed by atoms with Gasteiger partial charge in [-0.2, -0.15) is 0 Å². The van der Waals surface area contributed by atoms with Gasteiger partial charge in [0.25, 0.3) is 0 Å². The average molecular weight is 150 g/mol. The lowest BCUT2D eigenvalue weighted by molar-refractivity contribution is 0.0764. The first kappa shape index (κ1) is 6.58. The zero-order chi connectivity index (χ0) is 7.68. The van der Waals surface area contributed by atoms with E-state index in [1.807, 2.05) is 0 Å². The first-order valence-corrected chi connectivity index (χ1v) is 3.90. The third-order valence-electron chi connectivity index (χ3n) is 2.21. The van der Waals surface area contributed by atoms with Crippen molar-refractivity contribution in [2.24, 2.45) is 5.92 Å². The molecule has 3 nitrogen and oxygen atoms in total. The second-order valence-corrected chi connectivity index (χ2v) is 2.94. The van der Waals surface area contributed by atoms with E-state index in [4.69, 9.17) is 0 Å². The Bertz CT molecular complexity index is 249. The highest BCUT2D eigenvalue weighted by Crippen LogP contribution is 2.27. The van der Waals surface area contributed by atoms with E-state index in [1.54, 1.807) is 23.3 Å². The molecule has 11 heavy (non-hydrogen) atoms. The van der Waals surface area contributed by atoms with Gasteiger partial charge in [-0.05, 0) is 12.8 Å². The predicted octanol–water partition coefficient (Wildman–Crippen LogP) is 1.32. The van der Waals surface area contributed by atoms with Gasteiger partial charge >= 0.3 is 0 Å². The summed E-state index contributed by atoms with van der Waals surface area (Å²) >= 11 is 0. The molecule has 3 heteroatoms. The molecular formula is C8H10N2O. The zero-order valence-electron chi connectivity index (χ0n) is 6.23. The molecule has 0 aromatic carbocycles. The van der Waals surface area contributed by atoms with Crippen LogP contribution >= 0.6 is 0 Å². The van der Waals surface area contributed by atoms with Crippen molar-refractivity contribution in [1.82, 2.24) is 9.55 Å². The molecule has 1 saturated carbocycles. The van der Waals surface area contributed by atoms with Crippen LogP contribution in [-0.4, -0.2) is 15.5 Å². The second kappa shape index (κ2) is 2.49. The molecule has 0 atom stereocenters. The van der Waals surface area contributed by atoms with Crippen molar-refractivity contribution < 1.29 is 4.79 Å². The number of hydrogen-bond donors (Lipinski definition) is 0. The highest BCUT2D eigenvalue weighted by atomic mass is 16.2. The van der Waals surface area contributed by atoms with Gasteiger partial charge in [-0.25, -0.2) is 4.98 Å². The van der Waals surface area contributed by atoms with Crippen molar-refractivity contribution in [3.05, 3.63) is 18.7 Å². The number of hydrogen-bond acceptors (Lipinski definition) is 2. The van der Waals surface area contributed by atoms with Gasteiger partial charge in [-0.15, -0.1) is 0 Å². The second-order valence-electron chi connectivity index (χ2n) is 2.94. The number of carbonyl (C=O) groups excluding carboxylic acids is 1. The Hall–Kier alpha value is -1.12. The van der Waals surface area contributed by atoms with Gasteiger partial charge in [0.05, 0.1) is 0 Å². The monoisotopic (exact) mass is 150 g/mol. The van der Waals surface area contributed by atoms with Gasteiger partial charge < -0.3 is 0 Å². The summed E-state index contributed by atoms with van der Waals surface area (Å²) in [6, 6.07) is 0. The van der Waals surface area contributed by atoms with Gasteiger partial charge in [0.15, 0.2) is 0 Å². The molecule has 0 N–H and O–H groups in total. The lowest BCUT2D eigenvalue weighted by Gasteiger charge is -2.23. The third-order valence-corrected chi connectivity index (χ3v) is 2.21. The maximum absolute atomic E-state index is 11.4. The molecule has 1 aromatic heterocycles. The third kappa shape index (κ3) is 1.06. The quantitative estimate of drug-likeness (QED) is 0.605. The topological polar surface area (TPSA) is 34.9 Å². The Morgan fingerprint density at radius 1 is 1.55 bits per heavy atom. The minimum atomic E-state index is 0.203. The summed E-state index contributed by atoms with van der Waals surface area (Å²) < 4.78 is 1.57. The largest absolute Gasteiger partial charge is 0.276 e. The normalized spacial score (nSPS) is 17.8. The van der Waals surface area contributed by atoms with Gasteiger partial charge in [0.1, 0.15) is 6.33 Å². The number of nitrogens with zero attached hydrogens (tertiary/aromatic N) is 2. The standard InChI is InChI=1S/C8H10N2O/c11-8(7-2-1-3-7)10-5-4-9-6-10/h4-7H,1-3H2. The molecule has 1 fully saturated rings. The van der Waals surface area contributed by atoms with Gasteiger partial charge in [0, 0.05) is 18.3 Å². The summed E-state index contributed by atoms with van der Waals surface area (Å²) in [5.74, 6) is 0.470. The molecule has 1 aromatic rings. The number of rotatable bonds is 1. The molecule has 1 aliphatic carbocycles. The van der Waals surface area contributed by atoms with Crippen molar-refractivity contribution in [3.63, 3.8) is 0 Å². The van der Waals surface area contributed by atoms with E-state index < -0.39 is 0 Å². The van der Waals surface area contributed by atoms with Gasteiger partial charge in [-0.3, -0.25) is 9.36 Å². The van der Waals surface area contributed by atoms with Crippen LogP contribution in [0.15, 0.2) is 18.7 Å². The van der Waals surface area contributed by atoms with Crippen LogP contribution in [0.5, 0.6) is 0 Å². The fourth-order valence-corrected chi connectivity index (χ4v) is 1.26. The van der Waals surface area contributed by atoms with E-state index in [0.29, 0.717) is 0 Å². The molecule has 1 heterocycles. The highest BCUT2D eigenvalue weighted by molar-refractivity contribution is 5.81. The molecule has 0 unspecified atom stereocenters. The molecular weight excluding hydrogens is 140 g/mol. The van der Waals surface area contributed by atoms with Crippen molar-refractivity contribution in [2.75, 3.05) is 0 Å².